The Morgan fingerprint density at radius 1 is 1.48 bits per heavy atom. The number of aliphatic hydroxyl groups excluding tert-OH is 1. The SMILES string of the molecule is CCCC(CCO)CNS(=O)(=O)c1cnn(CC(=O)O)c1. The minimum atomic E-state index is -3.71. The first-order valence-corrected chi connectivity index (χ1v) is 8.22. The molecule has 0 spiro atoms. The van der Waals surface area contributed by atoms with E-state index < -0.39 is 22.5 Å². The molecule has 0 fully saturated rings. The Balaban J connectivity index is 2.67. The lowest BCUT2D eigenvalue weighted by molar-refractivity contribution is -0.137. The number of nitrogens with zero attached hydrogens (tertiary/aromatic N) is 2. The second-order valence-electron chi connectivity index (χ2n) is 4.79. The second-order valence-corrected chi connectivity index (χ2v) is 6.55. The second kappa shape index (κ2) is 8.11. The van der Waals surface area contributed by atoms with Gasteiger partial charge in [-0.2, -0.15) is 5.10 Å². The van der Waals surface area contributed by atoms with Gasteiger partial charge in [-0.15, -0.1) is 0 Å². The summed E-state index contributed by atoms with van der Waals surface area (Å²) in [6.45, 7) is 1.86. The molecule has 0 radical (unpaired) electrons. The van der Waals surface area contributed by atoms with Crippen LogP contribution in [0, 0.1) is 5.92 Å². The van der Waals surface area contributed by atoms with E-state index in [0.717, 1.165) is 23.7 Å². The van der Waals surface area contributed by atoms with Crippen LogP contribution in [0.25, 0.3) is 0 Å². The lowest BCUT2D eigenvalue weighted by Crippen LogP contribution is -2.29. The topological polar surface area (TPSA) is 122 Å². The van der Waals surface area contributed by atoms with Crippen LogP contribution in [0.4, 0.5) is 0 Å². The molecule has 0 saturated carbocycles. The molecular formula is C12H21N3O5S. The summed E-state index contributed by atoms with van der Waals surface area (Å²) in [4.78, 5) is 10.5. The Labute approximate surface area is 123 Å². The Kier molecular flexibility index (Phi) is 6.79. The van der Waals surface area contributed by atoms with Gasteiger partial charge >= 0.3 is 5.97 Å². The van der Waals surface area contributed by atoms with E-state index >= 15 is 0 Å². The van der Waals surface area contributed by atoms with Gasteiger partial charge < -0.3 is 10.2 Å². The first kappa shape index (κ1) is 17.6. The van der Waals surface area contributed by atoms with Crippen molar-refractivity contribution in [2.24, 2.45) is 5.92 Å². The van der Waals surface area contributed by atoms with Gasteiger partial charge in [-0.3, -0.25) is 9.48 Å². The molecule has 1 aromatic heterocycles. The monoisotopic (exact) mass is 319 g/mol. The van der Waals surface area contributed by atoms with E-state index in [1.54, 1.807) is 0 Å². The summed E-state index contributed by atoms with van der Waals surface area (Å²) < 4.78 is 27.7. The van der Waals surface area contributed by atoms with Gasteiger partial charge in [0.15, 0.2) is 0 Å². The first-order chi connectivity index (χ1) is 9.89. The highest BCUT2D eigenvalue weighted by molar-refractivity contribution is 7.89. The summed E-state index contributed by atoms with van der Waals surface area (Å²) in [5.41, 5.74) is 0. The van der Waals surface area contributed by atoms with Crippen molar-refractivity contribution in [1.82, 2.24) is 14.5 Å². The van der Waals surface area contributed by atoms with E-state index in [9.17, 15) is 13.2 Å². The predicted octanol–water partition coefficient (Wildman–Crippen LogP) is 0.0447. The molecule has 0 aliphatic carbocycles. The van der Waals surface area contributed by atoms with Crippen molar-refractivity contribution < 1.29 is 23.4 Å². The van der Waals surface area contributed by atoms with Crippen LogP contribution in [0.1, 0.15) is 26.2 Å². The van der Waals surface area contributed by atoms with Crippen molar-refractivity contribution in [3.63, 3.8) is 0 Å². The fourth-order valence-electron chi connectivity index (χ4n) is 1.96. The van der Waals surface area contributed by atoms with Gasteiger partial charge in [-0.25, -0.2) is 13.1 Å². The van der Waals surface area contributed by atoms with E-state index in [1.807, 2.05) is 6.92 Å². The maximum atomic E-state index is 12.1. The molecule has 0 aliphatic heterocycles. The maximum Gasteiger partial charge on any atom is 0.325 e. The molecule has 3 N–H and O–H groups in total. The number of carboxylic acids is 1. The summed E-state index contributed by atoms with van der Waals surface area (Å²) in [5.74, 6) is -1.02. The fraction of sp³-hybridized carbons (Fsp3) is 0.667. The zero-order chi connectivity index (χ0) is 15.9. The molecule has 1 atom stereocenters. The molecule has 120 valence electrons. The molecule has 1 aromatic rings. The quantitative estimate of drug-likeness (QED) is 0.560. The van der Waals surface area contributed by atoms with Crippen molar-refractivity contribution in [3.8, 4) is 0 Å². The third-order valence-corrected chi connectivity index (χ3v) is 4.39. The van der Waals surface area contributed by atoms with Crippen molar-refractivity contribution >= 4 is 16.0 Å². The highest BCUT2D eigenvalue weighted by Gasteiger charge is 2.19. The van der Waals surface area contributed by atoms with E-state index in [1.165, 1.54) is 6.20 Å². The fourth-order valence-corrected chi connectivity index (χ4v) is 3.03. The van der Waals surface area contributed by atoms with E-state index in [4.69, 9.17) is 10.2 Å². The number of aromatic nitrogens is 2. The lowest BCUT2D eigenvalue weighted by atomic mass is 10.0. The van der Waals surface area contributed by atoms with Crippen LogP contribution < -0.4 is 4.72 Å². The minimum absolute atomic E-state index is 0.0168. The predicted molar refractivity (Wildman–Crippen MR) is 75.2 cm³/mol. The highest BCUT2D eigenvalue weighted by atomic mass is 32.2. The third-order valence-electron chi connectivity index (χ3n) is 3.01. The molecule has 1 unspecified atom stereocenters. The molecule has 0 aliphatic rings. The zero-order valence-electron chi connectivity index (χ0n) is 11.9. The molecule has 21 heavy (non-hydrogen) atoms. The number of nitrogens with one attached hydrogen (secondary N) is 1. The number of carbonyl (C=O) groups is 1. The molecule has 8 nitrogen and oxygen atoms in total. The molecule has 1 heterocycles. The van der Waals surface area contributed by atoms with Gasteiger partial charge in [0.05, 0.1) is 6.20 Å². The minimum Gasteiger partial charge on any atom is -0.480 e. The van der Waals surface area contributed by atoms with Crippen LogP contribution in [0.15, 0.2) is 17.3 Å². The van der Waals surface area contributed by atoms with Crippen LogP contribution in [0.3, 0.4) is 0 Å². The third kappa shape index (κ3) is 5.82. The molecule has 0 amide bonds. The number of hydrogen-bond acceptors (Lipinski definition) is 5. The van der Waals surface area contributed by atoms with Crippen LogP contribution in [0.5, 0.6) is 0 Å². The maximum absolute atomic E-state index is 12.1. The van der Waals surface area contributed by atoms with Crippen LogP contribution in [0.2, 0.25) is 0 Å². The normalized spacial score (nSPS) is 13.2. The Hall–Kier alpha value is -1.45. The van der Waals surface area contributed by atoms with Gasteiger partial charge in [0.2, 0.25) is 10.0 Å². The summed E-state index contributed by atoms with van der Waals surface area (Å²) in [7, 11) is -3.71. The lowest BCUT2D eigenvalue weighted by Gasteiger charge is -2.15. The van der Waals surface area contributed by atoms with Gasteiger partial charge in [-0.05, 0) is 18.8 Å². The summed E-state index contributed by atoms with van der Waals surface area (Å²) in [5, 5.41) is 21.3. The summed E-state index contributed by atoms with van der Waals surface area (Å²) in [6.07, 6.45) is 4.56. The van der Waals surface area contributed by atoms with Crippen molar-refractivity contribution in [3.05, 3.63) is 12.4 Å². The summed E-state index contributed by atoms with van der Waals surface area (Å²) in [6, 6.07) is 0. The molecule has 1 rings (SSSR count). The van der Waals surface area contributed by atoms with Crippen LogP contribution in [-0.2, 0) is 21.4 Å². The molecule has 0 aromatic carbocycles. The van der Waals surface area contributed by atoms with E-state index in [-0.39, 0.29) is 24.0 Å². The van der Waals surface area contributed by atoms with Gasteiger partial charge in [0.25, 0.3) is 0 Å². The molecular weight excluding hydrogens is 298 g/mol. The molecule has 9 heteroatoms. The van der Waals surface area contributed by atoms with Gasteiger partial charge in [0, 0.05) is 19.3 Å². The van der Waals surface area contributed by atoms with Gasteiger partial charge in [-0.1, -0.05) is 13.3 Å². The van der Waals surface area contributed by atoms with Crippen molar-refractivity contribution in [2.75, 3.05) is 13.2 Å². The number of aliphatic carboxylic acids is 1. The smallest absolute Gasteiger partial charge is 0.325 e. The highest BCUT2D eigenvalue weighted by Crippen LogP contribution is 2.12. The average molecular weight is 319 g/mol. The largest absolute Gasteiger partial charge is 0.480 e. The van der Waals surface area contributed by atoms with Crippen LogP contribution in [-0.4, -0.2) is 47.5 Å². The van der Waals surface area contributed by atoms with Crippen LogP contribution >= 0.6 is 0 Å². The van der Waals surface area contributed by atoms with E-state index in [0.29, 0.717) is 6.42 Å². The zero-order valence-corrected chi connectivity index (χ0v) is 12.7. The Morgan fingerprint density at radius 3 is 2.76 bits per heavy atom. The van der Waals surface area contributed by atoms with Gasteiger partial charge in [0.1, 0.15) is 11.4 Å². The summed E-state index contributed by atoms with van der Waals surface area (Å²) >= 11 is 0. The van der Waals surface area contributed by atoms with Crippen molar-refractivity contribution in [1.29, 1.82) is 0 Å². The number of hydrogen-bond donors (Lipinski definition) is 3. The number of sulfonamides is 1. The van der Waals surface area contributed by atoms with E-state index in [2.05, 4.69) is 9.82 Å². The Morgan fingerprint density at radius 2 is 2.19 bits per heavy atom. The molecule has 0 bridgehead atoms. The standard InChI is InChI=1S/C12H21N3O5S/c1-2-3-10(4-5-16)6-14-21(19,20)11-7-13-15(8-11)9-12(17)18/h7-8,10,14,16H,2-6,9H2,1H3,(H,17,18). The number of rotatable bonds is 10. The Bertz CT molecular complexity index is 549. The average Bonchev–Trinajstić information content (AvgIpc) is 2.85. The first-order valence-electron chi connectivity index (χ1n) is 6.73. The van der Waals surface area contributed by atoms with Crippen molar-refractivity contribution in [2.45, 2.75) is 37.6 Å². The molecule has 0 saturated heterocycles. The number of aliphatic hydroxyl groups is 1. The number of carboxylic acid groups (broad SMARTS) is 1.